The molecule has 0 spiro atoms. The number of likely N-dealkylation sites (tertiary alicyclic amines) is 1. The van der Waals surface area contributed by atoms with Crippen LogP contribution in [0, 0.1) is 6.92 Å². The first-order valence-corrected chi connectivity index (χ1v) is 11.4. The first kappa shape index (κ1) is 22.1. The second-order valence-corrected chi connectivity index (χ2v) is 8.45. The lowest BCUT2D eigenvalue weighted by Crippen LogP contribution is -2.48. The molecule has 1 atom stereocenters. The minimum atomic E-state index is 0.410. The molecule has 32 heavy (non-hydrogen) atoms. The Morgan fingerprint density at radius 3 is 2.53 bits per heavy atom. The number of rotatable bonds is 6. The van der Waals surface area contributed by atoms with Crippen molar-refractivity contribution in [1.29, 1.82) is 0 Å². The normalized spacial score (nSPS) is 16.7. The van der Waals surface area contributed by atoms with Gasteiger partial charge in [0.15, 0.2) is 11.7 Å². The predicted molar refractivity (Wildman–Crippen MR) is 129 cm³/mol. The molecule has 4 rings (SSSR count). The number of benzene rings is 2. The molecule has 0 saturated carbocycles. The number of aryl methyl sites for hydroxylation is 1. The molecule has 1 aliphatic rings. The highest BCUT2D eigenvalue weighted by Gasteiger charge is 2.24. The van der Waals surface area contributed by atoms with Gasteiger partial charge in [0, 0.05) is 37.8 Å². The van der Waals surface area contributed by atoms with E-state index >= 15 is 0 Å². The Hall–Kier alpha value is -3.12. The maximum absolute atomic E-state index is 5.91. The molecular formula is C26H33N5O. The molecule has 1 saturated heterocycles. The maximum Gasteiger partial charge on any atom is 0.214 e. The van der Waals surface area contributed by atoms with E-state index in [9.17, 15) is 0 Å². The van der Waals surface area contributed by atoms with Crippen LogP contribution in [0.15, 0.2) is 70.2 Å². The highest BCUT2D eigenvalue weighted by molar-refractivity contribution is 5.79. The van der Waals surface area contributed by atoms with E-state index < -0.39 is 0 Å². The third-order valence-corrected chi connectivity index (χ3v) is 6.22. The first-order chi connectivity index (χ1) is 15.6. The van der Waals surface area contributed by atoms with Crippen LogP contribution in [0.3, 0.4) is 0 Å². The minimum Gasteiger partial charge on any atom is -0.439 e. The van der Waals surface area contributed by atoms with Crippen molar-refractivity contribution in [2.45, 2.75) is 45.3 Å². The number of nitrogens with one attached hydrogen (secondary N) is 2. The van der Waals surface area contributed by atoms with Crippen LogP contribution in [0.4, 0.5) is 0 Å². The lowest BCUT2D eigenvalue weighted by molar-refractivity contribution is 0.158. The van der Waals surface area contributed by atoms with Gasteiger partial charge in [0.1, 0.15) is 0 Å². The molecule has 0 radical (unpaired) electrons. The lowest BCUT2D eigenvalue weighted by Gasteiger charge is -2.36. The number of aliphatic imine (C=N–C) groups is 1. The third-order valence-electron chi connectivity index (χ3n) is 6.22. The van der Waals surface area contributed by atoms with Crippen molar-refractivity contribution in [1.82, 2.24) is 20.5 Å². The lowest BCUT2D eigenvalue weighted by atomic mass is 10.0. The second-order valence-electron chi connectivity index (χ2n) is 8.45. The van der Waals surface area contributed by atoms with Crippen LogP contribution in [-0.2, 0) is 6.54 Å². The van der Waals surface area contributed by atoms with Crippen molar-refractivity contribution in [2.75, 3.05) is 20.1 Å². The summed E-state index contributed by atoms with van der Waals surface area (Å²) >= 11 is 0. The first-order valence-electron chi connectivity index (χ1n) is 11.4. The summed E-state index contributed by atoms with van der Waals surface area (Å²) < 4.78 is 5.91. The predicted octanol–water partition coefficient (Wildman–Crippen LogP) is 4.54. The third kappa shape index (κ3) is 5.56. The summed E-state index contributed by atoms with van der Waals surface area (Å²) in [5.74, 6) is 2.22. The van der Waals surface area contributed by atoms with Crippen molar-refractivity contribution in [3.05, 3.63) is 77.8 Å². The van der Waals surface area contributed by atoms with Gasteiger partial charge in [0.05, 0.1) is 12.7 Å². The minimum absolute atomic E-state index is 0.410. The summed E-state index contributed by atoms with van der Waals surface area (Å²) in [6.07, 6.45) is 3.96. The van der Waals surface area contributed by atoms with E-state index in [0.717, 1.165) is 43.2 Å². The van der Waals surface area contributed by atoms with Crippen LogP contribution < -0.4 is 10.6 Å². The van der Waals surface area contributed by atoms with Crippen LogP contribution >= 0.6 is 0 Å². The largest absolute Gasteiger partial charge is 0.439 e. The fourth-order valence-corrected chi connectivity index (χ4v) is 4.16. The van der Waals surface area contributed by atoms with Gasteiger partial charge >= 0.3 is 0 Å². The van der Waals surface area contributed by atoms with Crippen molar-refractivity contribution < 1.29 is 4.42 Å². The van der Waals surface area contributed by atoms with Crippen LogP contribution in [-0.4, -0.2) is 42.0 Å². The van der Waals surface area contributed by atoms with Crippen molar-refractivity contribution >= 4 is 5.96 Å². The van der Waals surface area contributed by atoms with Gasteiger partial charge < -0.3 is 15.1 Å². The number of oxazole rings is 1. The van der Waals surface area contributed by atoms with Gasteiger partial charge in [-0.25, -0.2) is 4.98 Å². The van der Waals surface area contributed by atoms with Crippen LogP contribution in [0.2, 0.25) is 0 Å². The average molecular weight is 432 g/mol. The van der Waals surface area contributed by atoms with E-state index in [-0.39, 0.29) is 0 Å². The summed E-state index contributed by atoms with van der Waals surface area (Å²) in [4.78, 5) is 11.4. The van der Waals surface area contributed by atoms with Gasteiger partial charge in [0.2, 0.25) is 5.89 Å². The SMILES string of the molecule is CN=C(NCc1ncc(-c2ccc(C)cc2)o1)NC1CCN(C(C)c2ccccc2)CC1. The fourth-order valence-electron chi connectivity index (χ4n) is 4.16. The van der Waals surface area contributed by atoms with E-state index in [4.69, 9.17) is 4.42 Å². The molecule has 2 heterocycles. The molecule has 6 nitrogen and oxygen atoms in total. The monoisotopic (exact) mass is 431 g/mol. The van der Waals surface area contributed by atoms with E-state index in [0.29, 0.717) is 24.5 Å². The summed E-state index contributed by atoms with van der Waals surface area (Å²) in [6.45, 7) is 7.01. The molecule has 0 aliphatic carbocycles. The summed E-state index contributed by atoms with van der Waals surface area (Å²) in [6, 6.07) is 19.9. The molecule has 0 bridgehead atoms. The van der Waals surface area contributed by atoms with E-state index in [1.165, 1.54) is 11.1 Å². The number of nitrogens with zero attached hydrogens (tertiary/aromatic N) is 3. The zero-order valence-electron chi connectivity index (χ0n) is 19.2. The highest BCUT2D eigenvalue weighted by Crippen LogP contribution is 2.24. The molecule has 1 unspecified atom stereocenters. The zero-order valence-corrected chi connectivity index (χ0v) is 19.2. The number of aromatic nitrogens is 1. The Kier molecular flexibility index (Phi) is 7.22. The van der Waals surface area contributed by atoms with Crippen LogP contribution in [0.5, 0.6) is 0 Å². The Morgan fingerprint density at radius 1 is 1.12 bits per heavy atom. The molecule has 2 N–H and O–H groups in total. The zero-order chi connectivity index (χ0) is 22.3. The quantitative estimate of drug-likeness (QED) is 0.443. The standard InChI is InChI=1S/C26H33N5O/c1-19-9-11-22(12-10-19)24-17-28-25(32-24)18-29-26(27-3)30-23-13-15-31(16-14-23)20(2)21-7-5-4-6-8-21/h4-12,17,20,23H,13-16,18H2,1-3H3,(H2,27,29,30). The topological polar surface area (TPSA) is 65.7 Å². The molecule has 1 aliphatic heterocycles. The van der Waals surface area contributed by atoms with Gasteiger partial charge in [-0.15, -0.1) is 0 Å². The molecule has 3 aromatic rings. The molecule has 2 aromatic carbocycles. The maximum atomic E-state index is 5.91. The molecule has 6 heteroatoms. The number of piperidine rings is 1. The highest BCUT2D eigenvalue weighted by atomic mass is 16.4. The van der Waals surface area contributed by atoms with E-state index in [2.05, 4.69) is 94.0 Å². The van der Waals surface area contributed by atoms with Crippen molar-refractivity contribution in [2.24, 2.45) is 4.99 Å². The molecular weight excluding hydrogens is 398 g/mol. The van der Waals surface area contributed by atoms with Gasteiger partial charge in [-0.05, 0) is 32.3 Å². The van der Waals surface area contributed by atoms with Crippen LogP contribution in [0.25, 0.3) is 11.3 Å². The van der Waals surface area contributed by atoms with Gasteiger partial charge in [-0.3, -0.25) is 9.89 Å². The van der Waals surface area contributed by atoms with Gasteiger partial charge in [-0.1, -0.05) is 60.2 Å². The van der Waals surface area contributed by atoms with E-state index in [1.807, 2.05) is 0 Å². The van der Waals surface area contributed by atoms with Crippen molar-refractivity contribution in [3.8, 4) is 11.3 Å². The molecule has 1 fully saturated rings. The molecule has 1 aromatic heterocycles. The smallest absolute Gasteiger partial charge is 0.214 e. The Morgan fingerprint density at radius 2 is 1.84 bits per heavy atom. The van der Waals surface area contributed by atoms with Gasteiger partial charge in [0.25, 0.3) is 0 Å². The number of guanidine groups is 1. The van der Waals surface area contributed by atoms with E-state index in [1.54, 1.807) is 13.2 Å². The van der Waals surface area contributed by atoms with Crippen LogP contribution in [0.1, 0.15) is 42.8 Å². The summed E-state index contributed by atoms with van der Waals surface area (Å²) in [5, 5.41) is 6.90. The molecule has 0 amide bonds. The average Bonchev–Trinajstić information content (AvgIpc) is 3.32. The van der Waals surface area contributed by atoms with Crippen molar-refractivity contribution in [3.63, 3.8) is 0 Å². The number of hydrogen-bond acceptors (Lipinski definition) is 4. The fraction of sp³-hybridized carbons (Fsp3) is 0.385. The summed E-state index contributed by atoms with van der Waals surface area (Å²) in [5.41, 5.74) is 3.64. The van der Waals surface area contributed by atoms with Gasteiger partial charge in [-0.2, -0.15) is 0 Å². The Bertz CT molecular complexity index is 1000. The Labute approximate surface area is 190 Å². The molecule has 168 valence electrons. The second kappa shape index (κ2) is 10.5. The Balaban J connectivity index is 1.25. The number of hydrogen-bond donors (Lipinski definition) is 2. The summed E-state index contributed by atoms with van der Waals surface area (Å²) in [7, 11) is 1.80.